The molecule has 23 heavy (non-hydrogen) atoms. The van der Waals surface area contributed by atoms with E-state index in [0.717, 1.165) is 11.3 Å². The number of fused-ring (bicyclic) bond motifs is 1. The van der Waals surface area contributed by atoms with Crippen LogP contribution in [0.4, 0.5) is 5.69 Å². The molecule has 1 amide bonds. The largest absolute Gasteiger partial charge is 0.364 e. The van der Waals surface area contributed by atoms with Gasteiger partial charge in [0.15, 0.2) is 0 Å². The smallest absolute Gasteiger partial charge is 0.271 e. The Morgan fingerprint density at radius 1 is 1.35 bits per heavy atom. The molecule has 9 heteroatoms. The van der Waals surface area contributed by atoms with Crippen molar-refractivity contribution in [2.75, 3.05) is 4.72 Å². The lowest BCUT2D eigenvalue weighted by Gasteiger charge is -2.09. The minimum absolute atomic E-state index is 0.154. The van der Waals surface area contributed by atoms with Gasteiger partial charge in [0.2, 0.25) is 0 Å². The summed E-state index contributed by atoms with van der Waals surface area (Å²) >= 11 is 7.23. The first-order valence-electron chi connectivity index (χ1n) is 6.47. The van der Waals surface area contributed by atoms with Gasteiger partial charge in [-0.2, -0.15) is 0 Å². The monoisotopic (exact) mass is 369 g/mol. The van der Waals surface area contributed by atoms with Crippen LogP contribution in [-0.4, -0.2) is 19.3 Å². The van der Waals surface area contributed by atoms with Crippen molar-refractivity contribution in [1.29, 1.82) is 0 Å². The van der Waals surface area contributed by atoms with E-state index in [0.29, 0.717) is 27.2 Å². The molecule has 2 heterocycles. The molecule has 6 nitrogen and oxygen atoms in total. The Balaban J connectivity index is 2.12. The number of nitrogens with two attached hydrogens (primary N) is 1. The van der Waals surface area contributed by atoms with E-state index in [1.54, 1.807) is 24.4 Å². The highest BCUT2D eigenvalue weighted by atomic mass is 35.5. The molecular weight excluding hydrogens is 358 g/mol. The maximum atomic E-state index is 12.5. The minimum atomic E-state index is -3.73. The second-order valence-corrected chi connectivity index (χ2v) is 8.13. The number of carbonyl (C=O) groups is 1. The number of thiophene rings is 1. The Morgan fingerprint density at radius 3 is 2.70 bits per heavy atom. The van der Waals surface area contributed by atoms with Crippen LogP contribution in [0.15, 0.2) is 33.9 Å². The second kappa shape index (κ2) is 5.55. The Labute approximate surface area is 141 Å². The fourth-order valence-corrected chi connectivity index (χ4v) is 4.93. The number of hydrogen-bond donors (Lipinski definition) is 3. The Kier molecular flexibility index (Phi) is 3.83. The Bertz CT molecular complexity index is 1020. The molecule has 0 fully saturated rings. The number of nitrogens with one attached hydrogen (secondary N) is 2. The van der Waals surface area contributed by atoms with Crippen LogP contribution in [0.3, 0.4) is 0 Å². The van der Waals surface area contributed by atoms with Crippen LogP contribution in [-0.2, 0) is 10.0 Å². The fourth-order valence-electron chi connectivity index (χ4n) is 2.23. The van der Waals surface area contributed by atoms with E-state index in [1.165, 1.54) is 12.1 Å². The predicted octanol–water partition coefficient (Wildman–Crippen LogP) is 3.09. The van der Waals surface area contributed by atoms with Gasteiger partial charge >= 0.3 is 0 Å². The molecule has 0 aliphatic rings. The summed E-state index contributed by atoms with van der Waals surface area (Å²) in [5.74, 6) is -0.653. The SMILES string of the molecule is Cc1ccsc1S(=O)(=O)Nc1ccc(Cl)c2cc(C(N)=O)[nH]c12. The van der Waals surface area contributed by atoms with E-state index in [4.69, 9.17) is 17.3 Å². The number of sulfonamides is 1. The maximum absolute atomic E-state index is 12.5. The first-order chi connectivity index (χ1) is 10.8. The topological polar surface area (TPSA) is 105 Å². The van der Waals surface area contributed by atoms with E-state index in [2.05, 4.69) is 9.71 Å². The zero-order valence-electron chi connectivity index (χ0n) is 11.9. The molecule has 3 aromatic rings. The van der Waals surface area contributed by atoms with Crippen LogP contribution < -0.4 is 10.5 Å². The molecule has 0 bridgehead atoms. The van der Waals surface area contributed by atoms with Crippen molar-refractivity contribution < 1.29 is 13.2 Å². The van der Waals surface area contributed by atoms with Gasteiger partial charge in [0.1, 0.15) is 9.90 Å². The van der Waals surface area contributed by atoms with E-state index in [-0.39, 0.29) is 9.90 Å². The average Bonchev–Trinajstić information content (AvgIpc) is 3.09. The summed E-state index contributed by atoms with van der Waals surface area (Å²) in [5, 5.41) is 2.61. The number of aryl methyl sites for hydroxylation is 1. The van der Waals surface area contributed by atoms with Gasteiger partial charge in [-0.05, 0) is 42.1 Å². The van der Waals surface area contributed by atoms with Crippen molar-refractivity contribution in [3.63, 3.8) is 0 Å². The highest BCUT2D eigenvalue weighted by Crippen LogP contribution is 2.32. The molecule has 0 atom stereocenters. The van der Waals surface area contributed by atoms with Crippen molar-refractivity contribution in [3.8, 4) is 0 Å². The summed E-state index contributed by atoms with van der Waals surface area (Å²) in [5.41, 5.74) is 6.77. The Hall–Kier alpha value is -2.03. The lowest BCUT2D eigenvalue weighted by molar-refractivity contribution is 0.0996. The molecule has 0 spiro atoms. The molecule has 1 aromatic carbocycles. The second-order valence-electron chi connectivity index (χ2n) is 4.93. The molecule has 120 valence electrons. The number of primary amides is 1. The van der Waals surface area contributed by atoms with Crippen molar-refractivity contribution in [3.05, 3.63) is 45.9 Å². The summed E-state index contributed by atoms with van der Waals surface area (Å²) in [6.07, 6.45) is 0. The molecule has 0 aliphatic heterocycles. The summed E-state index contributed by atoms with van der Waals surface area (Å²) < 4.78 is 27.8. The highest BCUT2D eigenvalue weighted by molar-refractivity contribution is 7.94. The van der Waals surface area contributed by atoms with E-state index < -0.39 is 15.9 Å². The summed E-state index contributed by atoms with van der Waals surface area (Å²) in [4.78, 5) is 14.1. The molecule has 0 radical (unpaired) electrons. The molecule has 0 saturated carbocycles. The molecule has 2 aromatic heterocycles. The van der Waals surface area contributed by atoms with Crippen LogP contribution in [0, 0.1) is 6.92 Å². The molecular formula is C14H12ClN3O3S2. The first kappa shape index (κ1) is 15.9. The lowest BCUT2D eigenvalue weighted by atomic mass is 10.2. The molecule has 0 unspecified atom stereocenters. The van der Waals surface area contributed by atoms with Crippen molar-refractivity contribution in [1.82, 2.24) is 4.98 Å². The average molecular weight is 370 g/mol. The minimum Gasteiger partial charge on any atom is -0.364 e. The number of aromatic nitrogens is 1. The van der Waals surface area contributed by atoms with Gasteiger partial charge in [0.05, 0.1) is 16.2 Å². The third kappa shape index (κ3) is 2.80. The molecule has 4 N–H and O–H groups in total. The van der Waals surface area contributed by atoms with Crippen LogP contribution in [0.1, 0.15) is 16.1 Å². The van der Waals surface area contributed by atoms with Crippen LogP contribution in [0.5, 0.6) is 0 Å². The van der Waals surface area contributed by atoms with E-state index >= 15 is 0 Å². The van der Waals surface area contributed by atoms with Gasteiger partial charge in [-0.1, -0.05) is 11.6 Å². The van der Waals surface area contributed by atoms with Crippen molar-refractivity contribution in [2.24, 2.45) is 5.73 Å². The van der Waals surface area contributed by atoms with Crippen LogP contribution in [0.25, 0.3) is 10.9 Å². The van der Waals surface area contributed by atoms with Gasteiger partial charge in [0.25, 0.3) is 15.9 Å². The fraction of sp³-hybridized carbons (Fsp3) is 0.0714. The third-order valence-corrected chi connectivity index (χ3v) is 6.69. The summed E-state index contributed by atoms with van der Waals surface area (Å²) in [7, 11) is -3.73. The quantitative estimate of drug-likeness (QED) is 0.658. The normalized spacial score (nSPS) is 11.7. The number of benzene rings is 1. The predicted molar refractivity (Wildman–Crippen MR) is 91.7 cm³/mol. The lowest BCUT2D eigenvalue weighted by Crippen LogP contribution is -2.13. The number of H-pyrrole nitrogens is 1. The number of carbonyl (C=O) groups excluding carboxylic acids is 1. The van der Waals surface area contributed by atoms with E-state index in [9.17, 15) is 13.2 Å². The Morgan fingerprint density at radius 2 is 2.09 bits per heavy atom. The van der Waals surface area contributed by atoms with Gasteiger partial charge in [0, 0.05) is 5.39 Å². The van der Waals surface area contributed by atoms with Crippen molar-refractivity contribution in [2.45, 2.75) is 11.1 Å². The zero-order valence-corrected chi connectivity index (χ0v) is 14.3. The third-order valence-electron chi connectivity index (χ3n) is 3.31. The number of aromatic amines is 1. The van der Waals surface area contributed by atoms with Crippen LogP contribution in [0.2, 0.25) is 5.02 Å². The van der Waals surface area contributed by atoms with Gasteiger partial charge in [-0.25, -0.2) is 8.42 Å². The first-order valence-corrected chi connectivity index (χ1v) is 9.21. The maximum Gasteiger partial charge on any atom is 0.271 e. The number of hydrogen-bond acceptors (Lipinski definition) is 4. The van der Waals surface area contributed by atoms with E-state index in [1.807, 2.05) is 0 Å². The van der Waals surface area contributed by atoms with Crippen LogP contribution >= 0.6 is 22.9 Å². The summed E-state index contributed by atoms with van der Waals surface area (Å²) in [6, 6.07) is 6.32. The zero-order chi connectivity index (χ0) is 16.8. The number of amides is 1. The molecule has 0 aliphatic carbocycles. The van der Waals surface area contributed by atoms with Gasteiger partial charge in [-0.3, -0.25) is 9.52 Å². The number of anilines is 1. The molecule has 3 rings (SSSR count). The standard InChI is InChI=1S/C14H12ClN3O3S2/c1-7-4-5-22-14(7)23(20,21)18-10-3-2-9(15)8-6-11(13(16)19)17-12(8)10/h2-6,17-18H,1H3,(H2,16,19). The molecule has 0 saturated heterocycles. The number of halogens is 1. The van der Waals surface area contributed by atoms with Gasteiger partial charge in [-0.15, -0.1) is 11.3 Å². The van der Waals surface area contributed by atoms with Crippen molar-refractivity contribution >= 4 is 55.5 Å². The number of rotatable bonds is 4. The summed E-state index contributed by atoms with van der Waals surface area (Å²) in [6.45, 7) is 1.72. The van der Waals surface area contributed by atoms with Gasteiger partial charge < -0.3 is 10.7 Å². The highest BCUT2D eigenvalue weighted by Gasteiger charge is 2.21.